The molecule has 1 fully saturated rings. The highest BCUT2D eigenvalue weighted by atomic mass is 32.1. The topological polar surface area (TPSA) is 59.4 Å². The molecule has 0 spiro atoms. The molecular weight excluding hydrogens is 254 g/mol. The number of nitrogens with two attached hydrogens (primary N) is 1. The molecule has 1 saturated heterocycles. The van der Waals surface area contributed by atoms with Gasteiger partial charge in [-0.2, -0.15) is 0 Å². The monoisotopic (exact) mass is 267 g/mol. The van der Waals surface area contributed by atoms with Crippen LogP contribution < -0.4 is 5.73 Å². The number of aromatic nitrogens is 3. The third-order valence-corrected chi connectivity index (χ3v) is 3.91. The highest BCUT2D eigenvalue weighted by molar-refractivity contribution is 7.80. The Kier molecular flexibility index (Phi) is 2.68. The molecule has 0 aromatic carbocycles. The lowest BCUT2D eigenvalue weighted by Gasteiger charge is -2.16. The van der Waals surface area contributed by atoms with E-state index in [9.17, 15) is 0 Å². The number of hydrogen-bond donors (Lipinski definition) is 3. The summed E-state index contributed by atoms with van der Waals surface area (Å²) in [6.45, 7) is 0.977. The van der Waals surface area contributed by atoms with E-state index in [2.05, 4.69) is 35.4 Å². The molecule has 2 aromatic rings. The fourth-order valence-corrected chi connectivity index (χ4v) is 3.00. The average molecular weight is 267 g/mol. The molecule has 0 aliphatic carbocycles. The van der Waals surface area contributed by atoms with Crippen LogP contribution in [0, 0.1) is 0 Å². The summed E-state index contributed by atoms with van der Waals surface area (Å²) in [4.78, 5) is 8.56. The largest absolute Gasteiger partial charge is 0.382 e. The first kappa shape index (κ1) is 11.2. The quantitative estimate of drug-likeness (QED) is 0.687. The van der Waals surface area contributed by atoms with Crippen LogP contribution in [0.4, 0.5) is 5.82 Å². The van der Waals surface area contributed by atoms with E-state index in [-0.39, 0.29) is 6.04 Å². The van der Waals surface area contributed by atoms with Crippen molar-refractivity contribution < 1.29 is 0 Å². The van der Waals surface area contributed by atoms with Crippen molar-refractivity contribution in [3.05, 3.63) is 18.2 Å². The number of thiol groups is 2. The summed E-state index contributed by atoms with van der Waals surface area (Å²) >= 11 is 8.84. The lowest BCUT2D eigenvalue weighted by Crippen LogP contribution is -2.14. The van der Waals surface area contributed by atoms with Crippen LogP contribution >= 0.6 is 25.4 Å². The zero-order valence-electron chi connectivity index (χ0n) is 9.11. The van der Waals surface area contributed by atoms with E-state index in [1.807, 2.05) is 14.9 Å². The molecule has 1 aliphatic heterocycles. The summed E-state index contributed by atoms with van der Waals surface area (Å²) in [7, 11) is 0. The molecule has 0 saturated carbocycles. The molecule has 90 valence electrons. The predicted molar refractivity (Wildman–Crippen MR) is 72.3 cm³/mol. The van der Waals surface area contributed by atoms with Gasteiger partial charge in [0.15, 0.2) is 5.82 Å². The van der Waals surface area contributed by atoms with Crippen LogP contribution in [0.2, 0.25) is 0 Å². The summed E-state index contributed by atoms with van der Waals surface area (Å²) in [6, 6.07) is 0.216. The normalized spacial score (nSPS) is 21.4. The molecule has 0 amide bonds. The Hall–Kier alpha value is -0.920. The van der Waals surface area contributed by atoms with Crippen molar-refractivity contribution in [3.63, 3.8) is 0 Å². The molecule has 0 radical (unpaired) electrons. The van der Waals surface area contributed by atoms with Gasteiger partial charge in [0.2, 0.25) is 0 Å². The van der Waals surface area contributed by atoms with Crippen molar-refractivity contribution in [1.82, 2.24) is 18.7 Å². The highest BCUT2D eigenvalue weighted by Gasteiger charge is 2.28. The molecule has 2 aromatic heterocycles. The molecule has 17 heavy (non-hydrogen) atoms. The Balaban J connectivity index is 2.20. The van der Waals surface area contributed by atoms with Gasteiger partial charge in [0.05, 0.1) is 6.04 Å². The van der Waals surface area contributed by atoms with E-state index in [0.29, 0.717) is 10.8 Å². The van der Waals surface area contributed by atoms with Gasteiger partial charge < -0.3 is 5.73 Å². The molecule has 1 atom stereocenters. The summed E-state index contributed by atoms with van der Waals surface area (Å²) in [5.41, 5.74) is 6.63. The van der Waals surface area contributed by atoms with Crippen LogP contribution in [0.5, 0.6) is 0 Å². The minimum absolute atomic E-state index is 0.216. The lowest BCUT2D eigenvalue weighted by atomic mass is 10.2. The lowest BCUT2D eigenvalue weighted by molar-refractivity contribution is 0.435. The summed E-state index contributed by atoms with van der Waals surface area (Å²) in [5, 5.41) is 0.624. The molecule has 1 unspecified atom stereocenters. The van der Waals surface area contributed by atoms with Crippen LogP contribution in [0.15, 0.2) is 17.4 Å². The molecule has 0 bridgehead atoms. The maximum Gasteiger partial charge on any atom is 0.150 e. The van der Waals surface area contributed by atoms with Crippen LogP contribution in [0.1, 0.15) is 24.7 Å². The third-order valence-electron chi connectivity index (χ3n) is 3.11. The number of rotatable bonds is 1. The van der Waals surface area contributed by atoms with Gasteiger partial charge in [-0.1, -0.05) is 12.8 Å². The minimum Gasteiger partial charge on any atom is -0.382 e. The summed E-state index contributed by atoms with van der Waals surface area (Å²) in [6.07, 6.45) is 5.73. The Labute approximate surface area is 110 Å². The number of nitrogen functional groups attached to an aromatic ring is 1. The third kappa shape index (κ3) is 1.69. The Morgan fingerprint density at radius 2 is 2.29 bits per heavy atom. The number of fused-ring (bicyclic) bond motifs is 1. The van der Waals surface area contributed by atoms with E-state index in [1.165, 1.54) is 0 Å². The number of anilines is 1. The Bertz CT molecular complexity index is 567. The SMILES string of the molecule is Nc1nccn2c(C3CCCN3S)nc(S)c12. The predicted octanol–water partition coefficient (Wildman–Crippen LogP) is 1.58. The van der Waals surface area contributed by atoms with Crippen LogP contribution in [0.3, 0.4) is 0 Å². The standard InChI is InChI=1S/C10H13N5S2/c11-8-7-10(16)13-9(14(7)5-3-12-8)6-2-1-4-15(6)17/h3,5-6,16-17H,1-2,4H2,(H2,11,12). The van der Waals surface area contributed by atoms with Crippen LogP contribution in [-0.2, 0) is 0 Å². The summed E-state index contributed by atoms with van der Waals surface area (Å²) < 4.78 is 3.97. The first-order valence-corrected chi connectivity index (χ1v) is 6.30. The first-order valence-electron chi connectivity index (χ1n) is 5.45. The van der Waals surface area contributed by atoms with Gasteiger partial charge in [-0.05, 0) is 12.8 Å². The van der Waals surface area contributed by atoms with Crippen molar-refractivity contribution in [1.29, 1.82) is 0 Å². The first-order chi connectivity index (χ1) is 8.18. The second kappa shape index (κ2) is 4.08. The zero-order valence-corrected chi connectivity index (χ0v) is 10.9. The Morgan fingerprint density at radius 3 is 3.00 bits per heavy atom. The van der Waals surface area contributed by atoms with Crippen molar-refractivity contribution in [2.24, 2.45) is 0 Å². The highest BCUT2D eigenvalue weighted by Crippen LogP contribution is 2.34. The van der Waals surface area contributed by atoms with Gasteiger partial charge in [-0.25, -0.2) is 14.3 Å². The van der Waals surface area contributed by atoms with E-state index in [1.54, 1.807) is 6.20 Å². The van der Waals surface area contributed by atoms with Crippen molar-refractivity contribution in [3.8, 4) is 0 Å². The van der Waals surface area contributed by atoms with E-state index < -0.39 is 0 Å². The van der Waals surface area contributed by atoms with Gasteiger partial charge >= 0.3 is 0 Å². The fraction of sp³-hybridized carbons (Fsp3) is 0.400. The maximum atomic E-state index is 5.85. The molecule has 7 heteroatoms. The van der Waals surface area contributed by atoms with E-state index >= 15 is 0 Å². The van der Waals surface area contributed by atoms with Gasteiger partial charge in [-0.3, -0.25) is 4.40 Å². The summed E-state index contributed by atoms with van der Waals surface area (Å²) in [5.74, 6) is 1.39. The smallest absolute Gasteiger partial charge is 0.150 e. The van der Waals surface area contributed by atoms with Gasteiger partial charge in [0.25, 0.3) is 0 Å². The molecule has 2 N–H and O–H groups in total. The molecule has 3 rings (SSSR count). The van der Waals surface area contributed by atoms with Crippen LogP contribution in [0.25, 0.3) is 5.52 Å². The number of nitrogens with zero attached hydrogens (tertiary/aromatic N) is 4. The minimum atomic E-state index is 0.216. The van der Waals surface area contributed by atoms with Gasteiger partial charge in [-0.15, -0.1) is 12.6 Å². The molecule has 1 aliphatic rings. The van der Waals surface area contributed by atoms with E-state index in [0.717, 1.165) is 30.7 Å². The van der Waals surface area contributed by atoms with Gasteiger partial charge in [0.1, 0.15) is 16.4 Å². The van der Waals surface area contributed by atoms with Crippen molar-refractivity contribution >= 4 is 36.8 Å². The fourth-order valence-electron chi connectivity index (χ4n) is 2.32. The number of imidazole rings is 1. The second-order valence-electron chi connectivity index (χ2n) is 4.15. The zero-order chi connectivity index (χ0) is 12.0. The van der Waals surface area contributed by atoms with Gasteiger partial charge in [0, 0.05) is 18.9 Å². The van der Waals surface area contributed by atoms with Crippen molar-refractivity contribution in [2.45, 2.75) is 23.9 Å². The Morgan fingerprint density at radius 1 is 1.47 bits per heavy atom. The molecule has 5 nitrogen and oxygen atoms in total. The number of hydrogen-bond acceptors (Lipinski definition) is 6. The second-order valence-corrected chi connectivity index (χ2v) is 5.08. The van der Waals surface area contributed by atoms with E-state index in [4.69, 9.17) is 5.73 Å². The van der Waals surface area contributed by atoms with Crippen molar-refractivity contribution in [2.75, 3.05) is 12.3 Å². The average Bonchev–Trinajstić information content (AvgIpc) is 2.84. The van der Waals surface area contributed by atoms with Crippen LogP contribution in [-0.4, -0.2) is 25.2 Å². The molecule has 3 heterocycles. The molecular formula is C10H13N5S2. The maximum absolute atomic E-state index is 5.85.